The number of rotatable bonds is 11. The fraction of sp³-hybridized carbons (Fsp3) is 0.600. The summed E-state index contributed by atoms with van der Waals surface area (Å²) in [5.74, 6) is 1.34. The highest BCUT2D eigenvalue weighted by Gasteiger charge is 2.12. The van der Waals surface area contributed by atoms with Crippen LogP contribution in [0.25, 0.3) is 0 Å². The highest BCUT2D eigenvalue weighted by Crippen LogP contribution is 2.34. The molecular weight excluding hydrogens is 294 g/mol. The van der Waals surface area contributed by atoms with E-state index in [1.165, 1.54) is 0 Å². The predicted molar refractivity (Wildman–Crippen MR) is 83.6 cm³/mol. The first-order valence-corrected chi connectivity index (χ1v) is 7.31. The van der Waals surface area contributed by atoms with E-state index in [4.69, 9.17) is 30.5 Å². The maximum absolute atomic E-state index is 6.07. The van der Waals surface area contributed by atoms with Gasteiger partial charge >= 0.3 is 0 Å². The van der Waals surface area contributed by atoms with E-state index in [0.29, 0.717) is 49.5 Å². The summed E-state index contributed by atoms with van der Waals surface area (Å²) in [4.78, 5) is 0. The minimum atomic E-state index is 0.460. The molecule has 0 aromatic heterocycles. The van der Waals surface area contributed by atoms with E-state index in [9.17, 15) is 0 Å². The van der Waals surface area contributed by atoms with Crippen LogP contribution in [0.1, 0.15) is 12.0 Å². The molecule has 0 saturated heterocycles. The Balaban J connectivity index is 2.52. The molecular formula is C15H24ClNO4. The van der Waals surface area contributed by atoms with Crippen molar-refractivity contribution in [1.82, 2.24) is 5.32 Å². The molecule has 0 aliphatic rings. The monoisotopic (exact) mass is 317 g/mol. The molecule has 1 aromatic carbocycles. The van der Waals surface area contributed by atoms with Crippen LogP contribution in [0, 0.1) is 0 Å². The zero-order chi connectivity index (χ0) is 15.5. The van der Waals surface area contributed by atoms with Crippen molar-refractivity contribution in [3.63, 3.8) is 0 Å². The highest BCUT2D eigenvalue weighted by atomic mass is 35.5. The van der Waals surface area contributed by atoms with Crippen molar-refractivity contribution in [2.24, 2.45) is 0 Å². The molecule has 1 aromatic rings. The summed E-state index contributed by atoms with van der Waals surface area (Å²) in [6.45, 7) is 3.01. The van der Waals surface area contributed by atoms with Crippen molar-refractivity contribution in [3.8, 4) is 11.5 Å². The van der Waals surface area contributed by atoms with E-state index < -0.39 is 0 Å². The molecule has 0 aliphatic carbocycles. The van der Waals surface area contributed by atoms with Gasteiger partial charge in [0.15, 0.2) is 11.5 Å². The fourth-order valence-electron chi connectivity index (χ4n) is 1.87. The fourth-order valence-corrected chi connectivity index (χ4v) is 2.10. The Morgan fingerprint density at radius 3 is 2.57 bits per heavy atom. The molecule has 0 saturated carbocycles. The number of hydrogen-bond acceptors (Lipinski definition) is 5. The second-order valence-electron chi connectivity index (χ2n) is 4.43. The summed E-state index contributed by atoms with van der Waals surface area (Å²) in [5.41, 5.74) is 0.959. The Bertz CT molecular complexity index is 415. The lowest BCUT2D eigenvalue weighted by atomic mass is 10.2. The number of ether oxygens (including phenoxy) is 4. The van der Waals surface area contributed by atoms with Crippen LogP contribution in [0.4, 0.5) is 0 Å². The van der Waals surface area contributed by atoms with Gasteiger partial charge in [0.25, 0.3) is 0 Å². The summed E-state index contributed by atoms with van der Waals surface area (Å²) in [6, 6.07) is 3.62. The van der Waals surface area contributed by atoms with Crippen LogP contribution >= 0.6 is 11.6 Å². The summed E-state index contributed by atoms with van der Waals surface area (Å²) >= 11 is 6.07. The molecule has 6 heteroatoms. The van der Waals surface area contributed by atoms with Gasteiger partial charge in [0.2, 0.25) is 0 Å². The summed E-state index contributed by atoms with van der Waals surface area (Å²) in [7, 11) is 5.15. The predicted octanol–water partition coefficient (Wildman–Crippen LogP) is 2.50. The topological polar surface area (TPSA) is 49.0 Å². The molecule has 0 aliphatic heterocycles. The van der Waals surface area contributed by atoms with Gasteiger partial charge in [-0.3, -0.25) is 0 Å². The number of halogens is 1. The Morgan fingerprint density at radius 1 is 1.10 bits per heavy atom. The first-order valence-electron chi connectivity index (χ1n) is 6.93. The zero-order valence-corrected chi connectivity index (χ0v) is 13.7. The first-order chi connectivity index (χ1) is 10.2. The van der Waals surface area contributed by atoms with Crippen LogP contribution in [-0.2, 0) is 16.0 Å². The van der Waals surface area contributed by atoms with Crippen molar-refractivity contribution < 1.29 is 18.9 Å². The molecule has 0 bridgehead atoms. The number of hydrogen-bond donors (Lipinski definition) is 1. The van der Waals surface area contributed by atoms with Gasteiger partial charge in [-0.15, -0.1) is 0 Å². The van der Waals surface area contributed by atoms with Gasteiger partial charge < -0.3 is 24.3 Å². The number of benzene rings is 1. The van der Waals surface area contributed by atoms with Crippen molar-refractivity contribution in [2.75, 3.05) is 47.7 Å². The van der Waals surface area contributed by atoms with Gasteiger partial charge in [-0.2, -0.15) is 0 Å². The number of methoxy groups -OCH3 is 2. The smallest absolute Gasteiger partial charge is 0.165 e. The van der Waals surface area contributed by atoms with Gasteiger partial charge in [0, 0.05) is 43.5 Å². The van der Waals surface area contributed by atoms with Crippen molar-refractivity contribution in [1.29, 1.82) is 0 Å². The Hall–Kier alpha value is -1.01. The standard InChI is InChI=1S/C15H24ClNO4/c1-17-11-12-9-13(16)10-14(19-3)15(12)21-8-7-20-6-4-5-18-2/h9-10,17H,4-8,11H2,1-3H3. The first kappa shape index (κ1) is 18.0. The van der Waals surface area contributed by atoms with Gasteiger partial charge in [0.1, 0.15) is 6.61 Å². The normalized spacial score (nSPS) is 10.7. The van der Waals surface area contributed by atoms with Crippen molar-refractivity contribution in [3.05, 3.63) is 22.7 Å². The van der Waals surface area contributed by atoms with Crippen LogP contribution in [0.2, 0.25) is 5.02 Å². The molecule has 0 heterocycles. The molecule has 1 rings (SSSR count). The van der Waals surface area contributed by atoms with Gasteiger partial charge in [-0.05, 0) is 19.5 Å². The lowest BCUT2D eigenvalue weighted by Crippen LogP contribution is -2.12. The Labute approximate surface area is 131 Å². The van der Waals surface area contributed by atoms with E-state index in [0.717, 1.165) is 12.0 Å². The van der Waals surface area contributed by atoms with Crippen molar-refractivity contribution >= 4 is 11.6 Å². The summed E-state index contributed by atoms with van der Waals surface area (Å²) in [6.07, 6.45) is 0.881. The van der Waals surface area contributed by atoms with Crippen LogP contribution in [0.3, 0.4) is 0 Å². The third kappa shape index (κ3) is 6.52. The lowest BCUT2D eigenvalue weighted by molar-refractivity contribution is 0.0797. The Kier molecular flexibility index (Phi) is 9.17. The maximum atomic E-state index is 6.07. The maximum Gasteiger partial charge on any atom is 0.165 e. The number of nitrogens with one attached hydrogen (secondary N) is 1. The molecule has 120 valence electrons. The Morgan fingerprint density at radius 2 is 1.90 bits per heavy atom. The van der Waals surface area contributed by atoms with E-state index in [-0.39, 0.29) is 0 Å². The molecule has 0 atom stereocenters. The largest absolute Gasteiger partial charge is 0.493 e. The van der Waals surface area contributed by atoms with Gasteiger partial charge in [-0.25, -0.2) is 0 Å². The van der Waals surface area contributed by atoms with Gasteiger partial charge in [0.05, 0.1) is 13.7 Å². The average molecular weight is 318 g/mol. The van der Waals surface area contributed by atoms with Crippen LogP contribution in [0.5, 0.6) is 11.5 Å². The van der Waals surface area contributed by atoms with E-state index in [2.05, 4.69) is 5.32 Å². The molecule has 1 N–H and O–H groups in total. The van der Waals surface area contributed by atoms with Crippen LogP contribution in [-0.4, -0.2) is 47.7 Å². The third-order valence-electron chi connectivity index (χ3n) is 2.79. The van der Waals surface area contributed by atoms with E-state index in [1.54, 1.807) is 20.3 Å². The molecule has 5 nitrogen and oxygen atoms in total. The van der Waals surface area contributed by atoms with Crippen LogP contribution < -0.4 is 14.8 Å². The van der Waals surface area contributed by atoms with Crippen LogP contribution in [0.15, 0.2) is 12.1 Å². The quantitative estimate of drug-likeness (QED) is 0.635. The summed E-state index contributed by atoms with van der Waals surface area (Å²) in [5, 5.41) is 3.71. The molecule has 0 spiro atoms. The average Bonchev–Trinajstić information content (AvgIpc) is 2.48. The molecule has 0 amide bonds. The molecule has 0 unspecified atom stereocenters. The molecule has 0 fully saturated rings. The van der Waals surface area contributed by atoms with E-state index >= 15 is 0 Å². The minimum Gasteiger partial charge on any atom is -0.493 e. The second-order valence-corrected chi connectivity index (χ2v) is 4.87. The SMILES string of the molecule is CNCc1cc(Cl)cc(OC)c1OCCOCCCOC. The lowest BCUT2D eigenvalue weighted by Gasteiger charge is -2.15. The van der Waals surface area contributed by atoms with E-state index in [1.807, 2.05) is 13.1 Å². The third-order valence-corrected chi connectivity index (χ3v) is 3.01. The highest BCUT2D eigenvalue weighted by molar-refractivity contribution is 6.30. The zero-order valence-electron chi connectivity index (χ0n) is 12.9. The summed E-state index contributed by atoms with van der Waals surface area (Å²) < 4.78 is 21.5. The molecule has 21 heavy (non-hydrogen) atoms. The molecule has 0 radical (unpaired) electrons. The van der Waals surface area contributed by atoms with Gasteiger partial charge in [-0.1, -0.05) is 11.6 Å². The second kappa shape index (κ2) is 10.7. The van der Waals surface area contributed by atoms with Crippen molar-refractivity contribution in [2.45, 2.75) is 13.0 Å². The minimum absolute atomic E-state index is 0.460.